The molecule has 0 aliphatic carbocycles. The third-order valence-electron chi connectivity index (χ3n) is 4.51. The molecule has 3 aromatic rings. The lowest BCUT2D eigenvalue weighted by Gasteiger charge is -2.13. The zero-order chi connectivity index (χ0) is 24.7. The van der Waals surface area contributed by atoms with E-state index in [1.165, 1.54) is 37.4 Å². The normalized spacial score (nSPS) is 11.6. The topological polar surface area (TPSA) is 126 Å². The Morgan fingerprint density at radius 2 is 1.91 bits per heavy atom. The number of benzene rings is 1. The van der Waals surface area contributed by atoms with Crippen molar-refractivity contribution in [1.29, 1.82) is 0 Å². The van der Waals surface area contributed by atoms with Gasteiger partial charge in [0, 0.05) is 17.2 Å². The minimum atomic E-state index is -3.87. The molecule has 34 heavy (non-hydrogen) atoms. The van der Waals surface area contributed by atoms with Crippen molar-refractivity contribution < 1.29 is 27.0 Å². The second kappa shape index (κ2) is 11.2. The largest absolute Gasteiger partial charge is 0.493 e. The Kier molecular flexibility index (Phi) is 8.37. The minimum Gasteiger partial charge on any atom is -0.493 e. The third-order valence-corrected chi connectivity index (χ3v) is 5.79. The number of halogens is 1. The maximum Gasteiger partial charge on any atom is 0.260 e. The smallest absolute Gasteiger partial charge is 0.260 e. The second-order valence-corrected chi connectivity index (χ2v) is 9.50. The van der Waals surface area contributed by atoms with Crippen molar-refractivity contribution in [3.63, 3.8) is 0 Å². The standard InChI is InChI=1S/C23H27FN4O5S/c1-15(2)12-33-19-10-17(9-18(24)11-19)20-8-7-16(23(27-20)31-3)13-32-14-26-34(29,30)22-6-4-5-21(25)28-22/h4-11,15,26H,12-14H2,1-3H3,(H2,25,28). The number of hydrogen-bond donors (Lipinski definition) is 2. The number of rotatable bonds is 11. The van der Waals surface area contributed by atoms with Crippen LogP contribution in [-0.2, 0) is 21.4 Å². The summed E-state index contributed by atoms with van der Waals surface area (Å²) >= 11 is 0. The summed E-state index contributed by atoms with van der Waals surface area (Å²) in [6.07, 6.45) is 0. The van der Waals surface area contributed by atoms with E-state index in [2.05, 4.69) is 14.7 Å². The average molecular weight is 491 g/mol. The molecule has 0 bridgehead atoms. The van der Waals surface area contributed by atoms with Crippen LogP contribution >= 0.6 is 0 Å². The van der Waals surface area contributed by atoms with E-state index in [1.807, 2.05) is 13.8 Å². The van der Waals surface area contributed by atoms with Crippen LogP contribution < -0.4 is 19.9 Å². The molecule has 0 amide bonds. The number of nitrogens with one attached hydrogen (secondary N) is 1. The van der Waals surface area contributed by atoms with E-state index in [0.717, 1.165) is 0 Å². The molecule has 9 nitrogen and oxygen atoms in total. The van der Waals surface area contributed by atoms with Gasteiger partial charge in [-0.1, -0.05) is 19.9 Å². The molecule has 0 atom stereocenters. The van der Waals surface area contributed by atoms with Crippen molar-refractivity contribution in [2.24, 2.45) is 5.92 Å². The lowest BCUT2D eigenvalue weighted by atomic mass is 10.1. The van der Waals surface area contributed by atoms with Crippen LogP contribution in [0.3, 0.4) is 0 Å². The van der Waals surface area contributed by atoms with Crippen LogP contribution in [0.5, 0.6) is 11.6 Å². The molecule has 3 N–H and O–H groups in total. The summed E-state index contributed by atoms with van der Waals surface area (Å²) in [5.41, 5.74) is 7.14. The van der Waals surface area contributed by atoms with E-state index < -0.39 is 15.8 Å². The molecular weight excluding hydrogens is 463 g/mol. The number of nitrogens with two attached hydrogens (primary N) is 1. The Hall–Kier alpha value is -3.28. The van der Waals surface area contributed by atoms with Crippen LogP contribution in [0.1, 0.15) is 19.4 Å². The highest BCUT2D eigenvalue weighted by Gasteiger charge is 2.16. The van der Waals surface area contributed by atoms with Gasteiger partial charge < -0.3 is 19.9 Å². The zero-order valence-electron chi connectivity index (χ0n) is 19.1. The van der Waals surface area contributed by atoms with Gasteiger partial charge in [-0.05, 0) is 42.3 Å². The first-order valence-corrected chi connectivity index (χ1v) is 11.9. The SMILES string of the molecule is COc1nc(-c2cc(F)cc(OCC(C)C)c2)ccc1COCNS(=O)(=O)c1cccc(N)n1. The lowest BCUT2D eigenvalue weighted by Crippen LogP contribution is -2.27. The van der Waals surface area contributed by atoms with Crippen molar-refractivity contribution in [3.05, 3.63) is 59.9 Å². The maximum atomic E-state index is 14.1. The first-order chi connectivity index (χ1) is 16.2. The zero-order valence-corrected chi connectivity index (χ0v) is 19.9. The maximum absolute atomic E-state index is 14.1. The minimum absolute atomic E-state index is 0.0230. The van der Waals surface area contributed by atoms with Gasteiger partial charge in [0.25, 0.3) is 10.0 Å². The summed E-state index contributed by atoms with van der Waals surface area (Å²) in [6, 6.07) is 12.1. The highest BCUT2D eigenvalue weighted by atomic mass is 32.2. The molecular formula is C23H27FN4O5S. The summed E-state index contributed by atoms with van der Waals surface area (Å²) in [6.45, 7) is 4.20. The summed E-state index contributed by atoms with van der Waals surface area (Å²) in [5.74, 6) is 0.643. The summed E-state index contributed by atoms with van der Waals surface area (Å²) in [5, 5.41) is -0.202. The van der Waals surface area contributed by atoms with E-state index in [-0.39, 0.29) is 30.1 Å². The molecule has 0 saturated heterocycles. The first-order valence-electron chi connectivity index (χ1n) is 10.5. The van der Waals surface area contributed by atoms with Crippen molar-refractivity contribution in [3.8, 4) is 22.9 Å². The number of aromatic nitrogens is 2. The number of sulfonamides is 1. The number of pyridine rings is 2. The summed E-state index contributed by atoms with van der Waals surface area (Å²) < 4.78 is 57.4. The fourth-order valence-corrected chi connectivity index (χ4v) is 3.78. The van der Waals surface area contributed by atoms with Gasteiger partial charge in [-0.15, -0.1) is 0 Å². The molecule has 182 valence electrons. The molecule has 3 rings (SSSR count). The number of methoxy groups -OCH3 is 1. The first kappa shape index (κ1) is 25.3. The molecule has 0 spiro atoms. The molecule has 1 aromatic carbocycles. The Labute approximate surface area is 198 Å². The van der Waals surface area contributed by atoms with E-state index in [1.54, 1.807) is 18.2 Å². The third kappa shape index (κ3) is 6.86. The molecule has 0 radical (unpaired) electrons. The van der Waals surface area contributed by atoms with Gasteiger partial charge in [-0.2, -0.15) is 4.72 Å². The van der Waals surface area contributed by atoms with Gasteiger partial charge in [0.15, 0.2) is 5.03 Å². The number of anilines is 1. The van der Waals surface area contributed by atoms with Crippen molar-refractivity contribution >= 4 is 15.8 Å². The molecule has 2 heterocycles. The molecule has 0 aliphatic rings. The van der Waals surface area contributed by atoms with Gasteiger partial charge >= 0.3 is 0 Å². The highest BCUT2D eigenvalue weighted by molar-refractivity contribution is 7.89. The molecule has 0 fully saturated rings. The fraction of sp³-hybridized carbons (Fsp3) is 0.304. The van der Waals surface area contributed by atoms with Crippen LogP contribution in [0.15, 0.2) is 53.6 Å². The van der Waals surface area contributed by atoms with Crippen LogP contribution in [0.4, 0.5) is 10.2 Å². The van der Waals surface area contributed by atoms with Gasteiger partial charge in [0.05, 0.1) is 26.0 Å². The van der Waals surface area contributed by atoms with Gasteiger partial charge in [0.2, 0.25) is 5.88 Å². The van der Waals surface area contributed by atoms with Gasteiger partial charge in [0.1, 0.15) is 24.1 Å². The van der Waals surface area contributed by atoms with Crippen molar-refractivity contribution in [2.75, 3.05) is 26.2 Å². The van der Waals surface area contributed by atoms with Gasteiger partial charge in [-0.3, -0.25) is 0 Å². The summed E-state index contributed by atoms with van der Waals surface area (Å²) in [7, 11) is -2.42. The Bertz CT molecular complexity index is 1240. The Balaban J connectivity index is 1.66. The van der Waals surface area contributed by atoms with Crippen LogP contribution in [0, 0.1) is 11.7 Å². The molecule has 2 aromatic heterocycles. The van der Waals surface area contributed by atoms with E-state index in [0.29, 0.717) is 35.1 Å². The molecule has 0 aliphatic heterocycles. The number of hydrogen-bond acceptors (Lipinski definition) is 8. The van der Waals surface area contributed by atoms with Crippen LogP contribution in [0.2, 0.25) is 0 Å². The molecule has 11 heteroatoms. The van der Waals surface area contributed by atoms with Crippen LogP contribution in [0.25, 0.3) is 11.3 Å². The second-order valence-electron chi connectivity index (χ2n) is 7.79. The fourth-order valence-electron chi connectivity index (χ4n) is 2.91. The van der Waals surface area contributed by atoms with Crippen LogP contribution in [-0.4, -0.2) is 38.8 Å². The van der Waals surface area contributed by atoms with Gasteiger partial charge in [-0.25, -0.2) is 22.8 Å². The van der Waals surface area contributed by atoms with E-state index >= 15 is 0 Å². The Morgan fingerprint density at radius 3 is 2.62 bits per heavy atom. The molecule has 0 saturated carbocycles. The Morgan fingerprint density at radius 1 is 1.12 bits per heavy atom. The average Bonchev–Trinajstić information content (AvgIpc) is 2.80. The number of nitrogen functional groups attached to an aromatic ring is 1. The lowest BCUT2D eigenvalue weighted by molar-refractivity contribution is 0.115. The summed E-state index contributed by atoms with van der Waals surface area (Å²) in [4.78, 5) is 8.22. The van der Waals surface area contributed by atoms with Crippen molar-refractivity contribution in [1.82, 2.24) is 14.7 Å². The quantitative estimate of drug-likeness (QED) is 0.310. The predicted molar refractivity (Wildman–Crippen MR) is 125 cm³/mol. The van der Waals surface area contributed by atoms with Crippen molar-refractivity contribution in [2.45, 2.75) is 25.5 Å². The number of ether oxygens (including phenoxy) is 3. The number of nitrogens with zero attached hydrogens (tertiary/aromatic N) is 2. The monoisotopic (exact) mass is 490 g/mol. The van der Waals surface area contributed by atoms with E-state index in [9.17, 15) is 12.8 Å². The highest BCUT2D eigenvalue weighted by Crippen LogP contribution is 2.28. The molecule has 0 unspecified atom stereocenters. The predicted octanol–water partition coefficient (Wildman–Crippen LogP) is 3.36. The van der Waals surface area contributed by atoms with E-state index in [4.69, 9.17) is 19.9 Å².